The second-order valence-corrected chi connectivity index (χ2v) is 20.9. The molecule has 0 radical (unpaired) electrons. The molecular weight excluding hydrogens is 993 g/mol. The van der Waals surface area contributed by atoms with Crippen LogP contribution in [0.2, 0.25) is 0 Å². The highest BCUT2D eigenvalue weighted by atomic mass is 16.8. The Balaban J connectivity index is 1.18. The van der Waals surface area contributed by atoms with E-state index >= 15 is 0 Å². The van der Waals surface area contributed by atoms with Gasteiger partial charge >= 0.3 is 11.9 Å². The van der Waals surface area contributed by atoms with Crippen molar-refractivity contribution in [2.75, 3.05) is 19.8 Å². The SMILES string of the molecule is CC[C@H](C)[C@H](C[C@H](O)CC(=O)OC1C(O)C(C)OC(C(C)C)C1OC1OC(C)C(OC2OCC(O)C(OC3OCC(O)C(O)C3O)C2O)C(O)C1O)OC(=O)C[C@@H](O)C[C@H](OC1OC(CO)C(O)C1O)[C@@H](C)CC. The molecule has 0 aromatic rings. The van der Waals surface area contributed by atoms with Crippen molar-refractivity contribution >= 4 is 11.9 Å². The number of aliphatic hydroxyl groups is 13. The summed E-state index contributed by atoms with van der Waals surface area (Å²) in [5.41, 5.74) is 0. The molecule has 5 aliphatic rings. The van der Waals surface area contributed by atoms with Gasteiger partial charge in [-0.05, 0) is 31.6 Å². The summed E-state index contributed by atoms with van der Waals surface area (Å²) < 4.78 is 63.5. The fourth-order valence-electron chi connectivity index (χ4n) is 9.61. The lowest BCUT2D eigenvalue weighted by Crippen LogP contribution is -2.65. The predicted molar refractivity (Wildman–Crippen MR) is 247 cm³/mol. The highest BCUT2D eigenvalue weighted by Crippen LogP contribution is 2.36. The summed E-state index contributed by atoms with van der Waals surface area (Å²) in [6.45, 7) is 12.4. The van der Waals surface area contributed by atoms with Gasteiger partial charge in [-0.25, -0.2) is 0 Å². The van der Waals surface area contributed by atoms with Crippen molar-refractivity contribution in [3.8, 4) is 0 Å². The Labute approximate surface area is 430 Å². The van der Waals surface area contributed by atoms with E-state index < -0.39 is 204 Å². The first-order valence-corrected chi connectivity index (χ1v) is 25.8. The summed E-state index contributed by atoms with van der Waals surface area (Å²) in [6, 6.07) is 0. The smallest absolute Gasteiger partial charge is 0.308 e. The first-order valence-electron chi connectivity index (χ1n) is 25.8. The number of ether oxygens (including phenoxy) is 11. The summed E-state index contributed by atoms with van der Waals surface area (Å²) in [7, 11) is 0. The summed E-state index contributed by atoms with van der Waals surface area (Å²) >= 11 is 0. The normalized spacial score (nSPS) is 42.5. The van der Waals surface area contributed by atoms with Crippen LogP contribution in [0.25, 0.3) is 0 Å². The third-order valence-corrected chi connectivity index (χ3v) is 14.8. The van der Waals surface area contributed by atoms with Crippen molar-refractivity contribution in [3.63, 3.8) is 0 Å². The minimum absolute atomic E-state index is 0.0740. The molecule has 22 unspecified atom stereocenters. The Morgan fingerprint density at radius 1 is 0.541 bits per heavy atom. The van der Waals surface area contributed by atoms with Crippen molar-refractivity contribution in [1.82, 2.24) is 0 Å². The molecule has 5 rings (SSSR count). The maximum atomic E-state index is 13.7. The van der Waals surface area contributed by atoms with E-state index in [-0.39, 0.29) is 30.6 Å². The maximum absolute atomic E-state index is 13.7. The zero-order chi connectivity index (χ0) is 55.0. The van der Waals surface area contributed by atoms with Gasteiger partial charge in [0.05, 0.1) is 69.3 Å². The molecule has 432 valence electrons. The summed E-state index contributed by atoms with van der Waals surface area (Å²) in [5, 5.41) is 138. The molecule has 26 nitrogen and oxygen atoms in total. The summed E-state index contributed by atoms with van der Waals surface area (Å²) in [5.74, 6) is -2.64. The van der Waals surface area contributed by atoms with Crippen LogP contribution in [0.1, 0.15) is 93.9 Å². The van der Waals surface area contributed by atoms with Crippen LogP contribution >= 0.6 is 0 Å². The van der Waals surface area contributed by atoms with Gasteiger partial charge in [0, 0.05) is 12.8 Å². The van der Waals surface area contributed by atoms with Crippen LogP contribution in [0.15, 0.2) is 0 Å². The van der Waals surface area contributed by atoms with Crippen LogP contribution in [0.4, 0.5) is 0 Å². The molecule has 5 fully saturated rings. The lowest BCUT2D eigenvalue weighted by molar-refractivity contribution is -0.371. The van der Waals surface area contributed by atoms with Crippen molar-refractivity contribution in [1.29, 1.82) is 0 Å². The molecular formula is C48H84O26. The number of hydrogen-bond donors (Lipinski definition) is 13. The number of rotatable bonds is 24. The molecule has 5 saturated heterocycles. The Kier molecular flexibility index (Phi) is 24.0. The van der Waals surface area contributed by atoms with Gasteiger partial charge in [0.15, 0.2) is 31.3 Å². The van der Waals surface area contributed by atoms with Crippen molar-refractivity contribution in [3.05, 3.63) is 0 Å². The fraction of sp³-hybridized carbons (Fsp3) is 0.958. The van der Waals surface area contributed by atoms with Crippen LogP contribution in [0.3, 0.4) is 0 Å². The van der Waals surface area contributed by atoms with Gasteiger partial charge < -0.3 is 118 Å². The number of hydrogen-bond acceptors (Lipinski definition) is 26. The van der Waals surface area contributed by atoms with Gasteiger partial charge in [-0.3, -0.25) is 9.59 Å². The van der Waals surface area contributed by atoms with E-state index in [1.807, 2.05) is 20.8 Å². The van der Waals surface area contributed by atoms with Gasteiger partial charge in [0.2, 0.25) is 0 Å². The molecule has 0 bridgehead atoms. The molecule has 0 aliphatic carbocycles. The molecule has 0 aromatic heterocycles. The minimum Gasteiger partial charge on any atom is -0.462 e. The molecule has 28 atom stereocenters. The molecule has 5 heterocycles. The van der Waals surface area contributed by atoms with Crippen molar-refractivity contribution in [2.24, 2.45) is 17.8 Å². The largest absolute Gasteiger partial charge is 0.462 e. The van der Waals surface area contributed by atoms with Crippen molar-refractivity contribution < 1.29 is 128 Å². The Hall–Kier alpha value is -1.94. The van der Waals surface area contributed by atoms with Gasteiger partial charge in [0.25, 0.3) is 0 Å². The molecule has 0 amide bonds. The zero-order valence-electron chi connectivity index (χ0n) is 43.2. The van der Waals surface area contributed by atoms with E-state index in [1.54, 1.807) is 27.7 Å². The summed E-state index contributed by atoms with van der Waals surface area (Å²) in [4.78, 5) is 26.9. The van der Waals surface area contributed by atoms with Crippen LogP contribution in [0, 0.1) is 17.8 Å². The van der Waals surface area contributed by atoms with Gasteiger partial charge in [-0.2, -0.15) is 0 Å². The zero-order valence-corrected chi connectivity index (χ0v) is 43.2. The first kappa shape index (κ1) is 62.9. The maximum Gasteiger partial charge on any atom is 0.308 e. The van der Waals surface area contributed by atoms with Crippen molar-refractivity contribution in [2.45, 2.75) is 253 Å². The second-order valence-electron chi connectivity index (χ2n) is 20.9. The van der Waals surface area contributed by atoms with E-state index in [1.165, 1.54) is 6.92 Å². The number of carbonyl (C=O) groups is 2. The standard InChI is InChI=1S/C48H84O26/c1-9-19(5)27(68-30(54)13-24(51)12-28(20(6)10-2)69-48-37(61)34(58)29(15-49)70-48)11-23(50)14-31(55)71-43-32(56)21(7)66-40(18(3)4)44(43)74-47-38(62)35(59)41(22(8)67-47)72-46-39(63)42(26(53)17-65-46)73-45-36(60)33(57)25(52)16-64-45/h18-29,32-53,56-63H,9-17H2,1-8H3/t19-,20-,21?,22?,23-,24-,25?,26?,27-,28-,29?,32?,33?,34?,35?,36?,37?,38?,39?,40?,41?,42?,43?,44?,45?,46?,47?,48?/m0/s1. The number of carbonyl (C=O) groups excluding carboxylic acids is 2. The molecule has 13 N–H and O–H groups in total. The molecule has 0 saturated carbocycles. The first-order chi connectivity index (χ1) is 34.8. The fourth-order valence-corrected chi connectivity index (χ4v) is 9.61. The highest BCUT2D eigenvalue weighted by Gasteiger charge is 2.54. The quantitative estimate of drug-likeness (QED) is 0.0409. The average Bonchev–Trinajstić information content (AvgIpc) is 3.62. The Morgan fingerprint density at radius 2 is 1.07 bits per heavy atom. The Morgan fingerprint density at radius 3 is 1.66 bits per heavy atom. The monoisotopic (exact) mass is 1080 g/mol. The third kappa shape index (κ3) is 15.7. The second kappa shape index (κ2) is 28.3. The van der Waals surface area contributed by atoms with Crippen LogP contribution < -0.4 is 0 Å². The summed E-state index contributed by atoms with van der Waals surface area (Å²) in [6.07, 6.45) is -36.7. The van der Waals surface area contributed by atoms with E-state index in [0.717, 1.165) is 0 Å². The Bertz CT molecular complexity index is 1700. The lowest BCUT2D eigenvalue weighted by atomic mass is 9.89. The van der Waals surface area contributed by atoms with E-state index in [9.17, 15) is 76.0 Å². The minimum atomic E-state index is -1.89. The van der Waals surface area contributed by atoms with Crippen LogP contribution in [0.5, 0.6) is 0 Å². The van der Waals surface area contributed by atoms with E-state index in [0.29, 0.717) is 12.8 Å². The lowest BCUT2D eigenvalue weighted by Gasteiger charge is -2.49. The van der Waals surface area contributed by atoms with Gasteiger partial charge in [-0.1, -0.05) is 54.4 Å². The number of esters is 2. The van der Waals surface area contributed by atoms with E-state index in [4.69, 9.17) is 52.1 Å². The van der Waals surface area contributed by atoms with E-state index in [2.05, 4.69) is 0 Å². The third-order valence-electron chi connectivity index (χ3n) is 14.8. The highest BCUT2D eigenvalue weighted by molar-refractivity contribution is 5.71. The van der Waals surface area contributed by atoms with Gasteiger partial charge in [0.1, 0.15) is 91.6 Å². The van der Waals surface area contributed by atoms with Gasteiger partial charge in [-0.15, -0.1) is 0 Å². The molecule has 0 spiro atoms. The topological polar surface area (TPSA) is 399 Å². The van der Waals surface area contributed by atoms with Crippen LogP contribution in [-0.2, 0) is 61.7 Å². The molecule has 26 heteroatoms. The number of aliphatic hydroxyl groups excluding tert-OH is 13. The molecule has 5 aliphatic heterocycles. The molecule has 74 heavy (non-hydrogen) atoms. The predicted octanol–water partition coefficient (Wildman–Crippen LogP) is -4.05. The average molecular weight is 1080 g/mol. The molecule has 0 aromatic carbocycles. The van der Waals surface area contributed by atoms with Crippen LogP contribution in [-0.4, -0.2) is 258 Å².